The number of hydrogen-bond acceptors (Lipinski definition) is 2. The first-order valence-corrected chi connectivity index (χ1v) is 7.73. The lowest BCUT2D eigenvalue weighted by molar-refractivity contribution is 0.185. The molecule has 16 heavy (non-hydrogen) atoms. The maximum atomic E-state index is 11.8. The lowest BCUT2D eigenvalue weighted by atomic mass is 10.2. The first-order chi connectivity index (χ1) is 7.43. The fourth-order valence-electron chi connectivity index (χ4n) is 1.26. The molecule has 0 saturated heterocycles. The van der Waals surface area contributed by atoms with E-state index >= 15 is 0 Å². The van der Waals surface area contributed by atoms with Gasteiger partial charge in [-0.15, -0.1) is 0 Å². The van der Waals surface area contributed by atoms with Crippen LogP contribution in [0.25, 0.3) is 0 Å². The van der Waals surface area contributed by atoms with Gasteiger partial charge in [0.25, 0.3) is 0 Å². The van der Waals surface area contributed by atoms with Crippen molar-refractivity contribution < 1.29 is 14.0 Å². The summed E-state index contributed by atoms with van der Waals surface area (Å²) < 4.78 is 17.8. The zero-order valence-corrected chi connectivity index (χ0v) is 11.9. The Morgan fingerprint density at radius 1 is 1.56 bits per heavy atom. The fraction of sp³-hybridized carbons (Fsp3) is 0.455. The maximum absolute atomic E-state index is 11.8. The lowest BCUT2D eigenvalue weighted by Gasteiger charge is -2.16. The van der Waals surface area contributed by atoms with Crippen LogP contribution < -0.4 is 0 Å². The zero-order chi connectivity index (χ0) is 12.2. The monoisotopic (exact) mass is 306 g/mol. The minimum atomic E-state index is -3.53. The van der Waals surface area contributed by atoms with Crippen molar-refractivity contribution in [1.29, 1.82) is 0 Å². The first kappa shape index (κ1) is 13.9. The van der Waals surface area contributed by atoms with Gasteiger partial charge < -0.3 is 9.42 Å². The summed E-state index contributed by atoms with van der Waals surface area (Å²) in [7, 11) is -3.53. The molecule has 0 aromatic heterocycles. The van der Waals surface area contributed by atoms with Crippen LogP contribution >= 0.6 is 23.5 Å². The van der Waals surface area contributed by atoms with E-state index in [0.717, 1.165) is 16.5 Å². The molecule has 5 heteroatoms. The SMILES string of the molecule is CCC(C)OP(=O)(O)Cc1cccc(Br)c1. The largest absolute Gasteiger partial charge is 0.332 e. The molecule has 0 bridgehead atoms. The fourth-order valence-corrected chi connectivity index (χ4v) is 3.15. The van der Waals surface area contributed by atoms with E-state index in [1.54, 1.807) is 6.92 Å². The average Bonchev–Trinajstić information content (AvgIpc) is 2.15. The van der Waals surface area contributed by atoms with Crippen molar-refractivity contribution in [2.45, 2.75) is 32.5 Å². The van der Waals surface area contributed by atoms with Gasteiger partial charge in [0.2, 0.25) is 0 Å². The van der Waals surface area contributed by atoms with Crippen LogP contribution in [0.2, 0.25) is 0 Å². The summed E-state index contributed by atoms with van der Waals surface area (Å²) >= 11 is 3.32. The number of rotatable bonds is 5. The summed E-state index contributed by atoms with van der Waals surface area (Å²) in [5.41, 5.74) is 0.795. The van der Waals surface area contributed by atoms with E-state index in [-0.39, 0.29) is 12.3 Å². The van der Waals surface area contributed by atoms with E-state index in [0.29, 0.717) is 0 Å². The summed E-state index contributed by atoms with van der Waals surface area (Å²) in [6, 6.07) is 7.35. The molecule has 3 nitrogen and oxygen atoms in total. The van der Waals surface area contributed by atoms with Gasteiger partial charge in [-0.3, -0.25) is 4.57 Å². The van der Waals surface area contributed by atoms with E-state index in [1.165, 1.54) is 0 Å². The summed E-state index contributed by atoms with van der Waals surface area (Å²) in [6.07, 6.45) is 0.586. The lowest BCUT2D eigenvalue weighted by Crippen LogP contribution is -2.05. The predicted octanol–water partition coefficient (Wildman–Crippen LogP) is 3.95. The molecule has 1 aromatic rings. The Labute approximate surface area is 104 Å². The molecule has 0 heterocycles. The minimum absolute atomic E-state index is 0.0524. The Morgan fingerprint density at radius 2 is 2.25 bits per heavy atom. The van der Waals surface area contributed by atoms with Gasteiger partial charge in [0.15, 0.2) is 0 Å². The molecule has 90 valence electrons. The molecule has 0 aliphatic carbocycles. The molecule has 0 saturated carbocycles. The van der Waals surface area contributed by atoms with E-state index in [1.807, 2.05) is 31.2 Å². The molecule has 0 spiro atoms. The molecule has 0 aliphatic rings. The second kappa shape index (κ2) is 5.97. The number of benzene rings is 1. The first-order valence-electron chi connectivity index (χ1n) is 5.17. The van der Waals surface area contributed by atoms with E-state index in [4.69, 9.17) is 4.52 Å². The van der Waals surface area contributed by atoms with E-state index in [2.05, 4.69) is 15.9 Å². The van der Waals surface area contributed by atoms with Crippen molar-refractivity contribution in [3.05, 3.63) is 34.3 Å². The van der Waals surface area contributed by atoms with Gasteiger partial charge in [-0.05, 0) is 31.0 Å². The van der Waals surface area contributed by atoms with Crippen molar-refractivity contribution in [1.82, 2.24) is 0 Å². The summed E-state index contributed by atoms with van der Waals surface area (Å²) in [5, 5.41) is 0. The van der Waals surface area contributed by atoms with Crippen LogP contribution in [0.1, 0.15) is 25.8 Å². The van der Waals surface area contributed by atoms with Crippen molar-refractivity contribution >= 4 is 23.5 Å². The summed E-state index contributed by atoms with van der Waals surface area (Å²) in [5.74, 6) is 0. The van der Waals surface area contributed by atoms with Crippen molar-refractivity contribution in [3.8, 4) is 0 Å². The van der Waals surface area contributed by atoms with Gasteiger partial charge in [-0.1, -0.05) is 35.0 Å². The molecule has 0 fully saturated rings. The summed E-state index contributed by atoms with van der Waals surface area (Å²) in [4.78, 5) is 9.68. The van der Waals surface area contributed by atoms with Crippen LogP contribution in [0.5, 0.6) is 0 Å². The highest BCUT2D eigenvalue weighted by Crippen LogP contribution is 2.47. The zero-order valence-electron chi connectivity index (χ0n) is 9.39. The van der Waals surface area contributed by atoms with Crippen LogP contribution in [-0.4, -0.2) is 11.0 Å². The van der Waals surface area contributed by atoms with Crippen LogP contribution in [0, 0.1) is 0 Å². The van der Waals surface area contributed by atoms with E-state index < -0.39 is 7.60 Å². The van der Waals surface area contributed by atoms with Crippen LogP contribution in [0.3, 0.4) is 0 Å². The second-order valence-corrected chi connectivity index (χ2v) is 6.47. The molecule has 2 atom stereocenters. The normalized spacial score (nSPS) is 16.8. The van der Waals surface area contributed by atoms with Gasteiger partial charge in [0.05, 0.1) is 12.3 Å². The Bertz CT molecular complexity index is 395. The highest BCUT2D eigenvalue weighted by molar-refractivity contribution is 9.10. The van der Waals surface area contributed by atoms with Crippen molar-refractivity contribution in [3.63, 3.8) is 0 Å². The second-order valence-electron chi connectivity index (χ2n) is 3.75. The Balaban J connectivity index is 2.69. The number of halogens is 1. The Morgan fingerprint density at radius 3 is 2.81 bits per heavy atom. The standard InChI is InChI=1S/C11H16BrO3P/c1-3-9(2)15-16(13,14)8-10-5-4-6-11(12)7-10/h4-7,9H,3,8H2,1-2H3,(H,13,14). The van der Waals surface area contributed by atoms with Crippen molar-refractivity contribution in [2.75, 3.05) is 0 Å². The van der Waals surface area contributed by atoms with Gasteiger partial charge in [0.1, 0.15) is 0 Å². The molecular formula is C11H16BrO3P. The molecule has 1 N–H and O–H groups in total. The van der Waals surface area contributed by atoms with Crippen LogP contribution in [-0.2, 0) is 15.3 Å². The maximum Gasteiger partial charge on any atom is 0.332 e. The van der Waals surface area contributed by atoms with Crippen LogP contribution in [0.15, 0.2) is 28.7 Å². The third-order valence-corrected chi connectivity index (χ3v) is 4.14. The molecule has 0 radical (unpaired) electrons. The van der Waals surface area contributed by atoms with Gasteiger partial charge in [-0.2, -0.15) is 0 Å². The highest BCUT2D eigenvalue weighted by Gasteiger charge is 2.22. The Kier molecular flexibility index (Phi) is 5.19. The molecule has 1 rings (SSSR count). The van der Waals surface area contributed by atoms with Gasteiger partial charge in [0, 0.05) is 4.47 Å². The molecular weight excluding hydrogens is 291 g/mol. The van der Waals surface area contributed by atoms with Crippen molar-refractivity contribution in [2.24, 2.45) is 0 Å². The predicted molar refractivity (Wildman–Crippen MR) is 68.5 cm³/mol. The topological polar surface area (TPSA) is 46.5 Å². The third kappa shape index (κ3) is 4.79. The minimum Gasteiger partial charge on any atom is -0.324 e. The Hall–Kier alpha value is -0.150. The molecule has 2 unspecified atom stereocenters. The molecule has 0 aliphatic heterocycles. The molecule has 0 amide bonds. The average molecular weight is 307 g/mol. The quantitative estimate of drug-likeness (QED) is 0.838. The third-order valence-electron chi connectivity index (χ3n) is 2.19. The van der Waals surface area contributed by atoms with E-state index in [9.17, 15) is 9.46 Å². The molecule has 1 aromatic carbocycles. The van der Waals surface area contributed by atoms with Gasteiger partial charge >= 0.3 is 7.60 Å². The van der Waals surface area contributed by atoms with Crippen LogP contribution in [0.4, 0.5) is 0 Å². The summed E-state index contributed by atoms with van der Waals surface area (Å²) in [6.45, 7) is 3.72. The smallest absolute Gasteiger partial charge is 0.324 e. The number of hydrogen-bond donors (Lipinski definition) is 1. The van der Waals surface area contributed by atoms with Gasteiger partial charge in [-0.25, -0.2) is 0 Å². The highest BCUT2D eigenvalue weighted by atomic mass is 79.9.